The average Bonchev–Trinajstić information content (AvgIpc) is 3.59. The fraction of sp³-hybridized carbons (Fsp3) is 0.500. The molecule has 43 heavy (non-hydrogen) atoms. The number of fused-ring (bicyclic) bond motifs is 3. The molecule has 1 saturated heterocycles. The molecule has 0 radical (unpaired) electrons. The van der Waals surface area contributed by atoms with Crippen molar-refractivity contribution in [3.05, 3.63) is 47.5 Å². The Hall–Kier alpha value is -3.85. The third kappa shape index (κ3) is 5.07. The molecule has 2 amide bonds. The van der Waals surface area contributed by atoms with Crippen LogP contribution in [0.2, 0.25) is 0 Å². The number of piperidine rings is 1. The van der Waals surface area contributed by atoms with Crippen molar-refractivity contribution >= 4 is 33.8 Å². The van der Waals surface area contributed by atoms with Crippen molar-refractivity contribution in [1.82, 2.24) is 24.3 Å². The summed E-state index contributed by atoms with van der Waals surface area (Å²) >= 11 is 0. The van der Waals surface area contributed by atoms with Gasteiger partial charge in [-0.2, -0.15) is 0 Å². The van der Waals surface area contributed by atoms with E-state index in [1.807, 2.05) is 24.1 Å². The van der Waals surface area contributed by atoms with Crippen LogP contribution in [-0.4, -0.2) is 57.1 Å². The van der Waals surface area contributed by atoms with Gasteiger partial charge in [0.05, 0.1) is 24.4 Å². The summed E-state index contributed by atoms with van der Waals surface area (Å²) in [6, 6.07) is 12.4. The van der Waals surface area contributed by atoms with Crippen LogP contribution in [0, 0.1) is 11.8 Å². The summed E-state index contributed by atoms with van der Waals surface area (Å²) in [6.07, 6.45) is 7.34. The minimum atomic E-state index is -0.0571. The first-order valence-electron chi connectivity index (χ1n) is 15.9. The van der Waals surface area contributed by atoms with Gasteiger partial charge in [0.15, 0.2) is 5.82 Å². The van der Waals surface area contributed by atoms with Gasteiger partial charge in [0, 0.05) is 55.1 Å². The molecule has 1 saturated carbocycles. The molecule has 0 spiro atoms. The van der Waals surface area contributed by atoms with Crippen LogP contribution < -0.4 is 15.8 Å². The number of rotatable bonds is 3. The molecule has 3 N–H and O–H groups in total. The van der Waals surface area contributed by atoms with Crippen LogP contribution in [0.3, 0.4) is 0 Å². The molecule has 2 aromatic heterocycles. The lowest BCUT2D eigenvalue weighted by Gasteiger charge is -2.30. The van der Waals surface area contributed by atoms with E-state index < -0.39 is 0 Å². The molecule has 2 bridgehead atoms. The third-order valence-electron chi connectivity index (χ3n) is 9.88. The van der Waals surface area contributed by atoms with Gasteiger partial charge in [-0.05, 0) is 74.8 Å². The Labute approximate surface area is 252 Å². The fourth-order valence-corrected chi connectivity index (χ4v) is 7.31. The van der Waals surface area contributed by atoms with Crippen molar-refractivity contribution in [1.29, 1.82) is 0 Å². The second-order valence-electron chi connectivity index (χ2n) is 12.9. The summed E-state index contributed by atoms with van der Waals surface area (Å²) in [4.78, 5) is 33.3. The molecule has 9 nitrogen and oxygen atoms in total. The standard InChI is InChI=1S/C34H42N6O3/c1-20-21-10-11-23-17-29(40(28(23)16-21)13-6-4-5-8-22-14-26(22)33(41)36-20)32-37-27-15-24(18-30(43-3)31(27)38(32)2)34(42)39-12-7-9-25(35)19-39/h10-11,15-18,20,22,25-26H,4-9,12-14,19,35H2,1-3H3,(H,36,41)/t20-,22-,25-,26-/m1/s1. The number of carbonyl (C=O) groups excluding carboxylic acids is 2. The highest BCUT2D eigenvalue weighted by molar-refractivity contribution is 6.00. The number of carbonyl (C=O) groups is 2. The molecule has 9 heteroatoms. The Morgan fingerprint density at radius 2 is 1.93 bits per heavy atom. The van der Waals surface area contributed by atoms with Crippen molar-refractivity contribution in [2.75, 3.05) is 20.2 Å². The maximum Gasteiger partial charge on any atom is 0.254 e. The monoisotopic (exact) mass is 582 g/mol. The van der Waals surface area contributed by atoms with Gasteiger partial charge in [0.1, 0.15) is 11.3 Å². The molecule has 0 unspecified atom stereocenters. The zero-order chi connectivity index (χ0) is 29.8. The number of aryl methyl sites for hydroxylation is 2. The molecule has 3 aliphatic rings. The van der Waals surface area contributed by atoms with E-state index in [1.54, 1.807) is 7.11 Å². The van der Waals surface area contributed by atoms with Crippen molar-refractivity contribution in [3.8, 4) is 17.3 Å². The van der Waals surface area contributed by atoms with Crippen LogP contribution in [-0.2, 0) is 18.4 Å². The van der Waals surface area contributed by atoms with E-state index in [4.69, 9.17) is 15.5 Å². The molecule has 4 heterocycles. The highest BCUT2D eigenvalue weighted by Crippen LogP contribution is 2.43. The number of amides is 2. The smallest absolute Gasteiger partial charge is 0.254 e. The molecular formula is C34H42N6O3. The van der Waals surface area contributed by atoms with Crippen molar-refractivity contribution in [2.45, 2.75) is 70.5 Å². The molecule has 2 fully saturated rings. The van der Waals surface area contributed by atoms with E-state index in [0.29, 0.717) is 30.3 Å². The van der Waals surface area contributed by atoms with E-state index in [2.05, 4.69) is 45.6 Å². The number of ether oxygens (including phenoxy) is 1. The summed E-state index contributed by atoms with van der Waals surface area (Å²) in [5.41, 5.74) is 11.6. The van der Waals surface area contributed by atoms with Crippen LogP contribution in [0.1, 0.15) is 73.8 Å². The zero-order valence-electron chi connectivity index (χ0n) is 25.4. The SMILES string of the molecule is COc1cc(C(=O)N2CCC[C@@H](N)C2)cc2nc(-c3cc4ccc5cc4n3CCCCC[C@@H]3C[C@H]3C(=O)N[C@@H]5C)n(C)c12. The number of nitrogens with two attached hydrogens (primary N) is 1. The van der Waals surface area contributed by atoms with E-state index in [0.717, 1.165) is 90.5 Å². The van der Waals surface area contributed by atoms with E-state index >= 15 is 0 Å². The highest BCUT2D eigenvalue weighted by Gasteiger charge is 2.42. The highest BCUT2D eigenvalue weighted by atomic mass is 16.5. The zero-order valence-corrected chi connectivity index (χ0v) is 25.4. The summed E-state index contributed by atoms with van der Waals surface area (Å²) in [5, 5.41) is 4.41. The van der Waals surface area contributed by atoms with Crippen molar-refractivity contribution < 1.29 is 14.3 Å². The maximum atomic E-state index is 13.5. The van der Waals surface area contributed by atoms with Gasteiger partial charge < -0.3 is 29.8 Å². The van der Waals surface area contributed by atoms with Crippen molar-refractivity contribution in [2.24, 2.45) is 24.6 Å². The molecule has 2 aliphatic heterocycles. The Morgan fingerprint density at radius 1 is 1.07 bits per heavy atom. The third-order valence-corrected chi connectivity index (χ3v) is 9.88. The maximum absolute atomic E-state index is 13.5. The summed E-state index contributed by atoms with van der Waals surface area (Å²) in [7, 11) is 3.66. The van der Waals surface area contributed by atoms with Crippen LogP contribution >= 0.6 is 0 Å². The average molecular weight is 583 g/mol. The van der Waals surface area contributed by atoms with Gasteiger partial charge in [-0.3, -0.25) is 9.59 Å². The minimum Gasteiger partial charge on any atom is -0.494 e. The van der Waals surface area contributed by atoms with Gasteiger partial charge in [0.25, 0.3) is 5.91 Å². The van der Waals surface area contributed by atoms with Crippen molar-refractivity contribution in [3.63, 3.8) is 0 Å². The van der Waals surface area contributed by atoms with Crippen LogP contribution in [0.5, 0.6) is 5.75 Å². The van der Waals surface area contributed by atoms with E-state index in [-0.39, 0.29) is 29.8 Å². The Balaban J connectivity index is 1.30. The lowest BCUT2D eigenvalue weighted by Crippen LogP contribution is -2.45. The molecule has 226 valence electrons. The molecule has 1 aliphatic carbocycles. The lowest BCUT2D eigenvalue weighted by molar-refractivity contribution is -0.123. The van der Waals surface area contributed by atoms with Crippen LogP contribution in [0.4, 0.5) is 0 Å². The van der Waals surface area contributed by atoms with Crippen LogP contribution in [0.25, 0.3) is 33.5 Å². The first-order valence-corrected chi connectivity index (χ1v) is 15.9. The second-order valence-corrected chi connectivity index (χ2v) is 12.9. The number of aromatic nitrogens is 3. The number of hydrogen-bond donors (Lipinski definition) is 2. The Bertz CT molecular complexity index is 1720. The molecule has 7 rings (SSSR count). The number of methoxy groups -OCH3 is 1. The largest absolute Gasteiger partial charge is 0.494 e. The normalized spacial score (nSPS) is 24.6. The van der Waals surface area contributed by atoms with Crippen LogP contribution in [0.15, 0.2) is 36.4 Å². The second kappa shape index (κ2) is 11.0. The van der Waals surface area contributed by atoms with Gasteiger partial charge >= 0.3 is 0 Å². The van der Waals surface area contributed by atoms with E-state index in [9.17, 15) is 9.59 Å². The van der Waals surface area contributed by atoms with Gasteiger partial charge in [-0.1, -0.05) is 25.0 Å². The minimum absolute atomic E-state index is 0.0138. The number of nitrogens with one attached hydrogen (secondary N) is 1. The Morgan fingerprint density at radius 3 is 2.74 bits per heavy atom. The first kappa shape index (κ1) is 28.0. The number of likely N-dealkylation sites (tertiary alicyclic amines) is 1. The molecule has 2 aromatic carbocycles. The number of imidazole rings is 1. The predicted molar refractivity (Wildman–Crippen MR) is 168 cm³/mol. The number of nitrogens with zero attached hydrogens (tertiary/aromatic N) is 4. The number of hydrogen-bond acceptors (Lipinski definition) is 5. The fourth-order valence-electron chi connectivity index (χ4n) is 7.31. The van der Waals surface area contributed by atoms with Gasteiger partial charge in [0.2, 0.25) is 5.91 Å². The molecule has 4 atom stereocenters. The quantitative estimate of drug-likeness (QED) is 0.347. The first-order chi connectivity index (χ1) is 20.8. The Kier molecular flexibility index (Phi) is 7.16. The molecule has 4 aromatic rings. The predicted octanol–water partition coefficient (Wildman–Crippen LogP) is 5.15. The summed E-state index contributed by atoms with van der Waals surface area (Å²) in [6.45, 7) is 4.24. The number of benzene rings is 2. The lowest BCUT2D eigenvalue weighted by atomic mass is 10.0. The van der Waals surface area contributed by atoms with Gasteiger partial charge in [-0.25, -0.2) is 4.98 Å². The summed E-state index contributed by atoms with van der Waals surface area (Å²) in [5.74, 6) is 2.35. The summed E-state index contributed by atoms with van der Waals surface area (Å²) < 4.78 is 10.3. The topological polar surface area (TPSA) is 107 Å². The van der Waals surface area contributed by atoms with Gasteiger partial charge in [-0.15, -0.1) is 0 Å². The molecular weight excluding hydrogens is 540 g/mol. The van der Waals surface area contributed by atoms with E-state index in [1.165, 1.54) is 0 Å².